The molecule has 0 aliphatic heterocycles. The molecular weight excluding hydrogens is 304 g/mol. The highest BCUT2D eigenvalue weighted by molar-refractivity contribution is 9.10. The van der Waals surface area contributed by atoms with Gasteiger partial charge in [-0.05, 0) is 45.8 Å². The Morgan fingerprint density at radius 1 is 1.16 bits per heavy atom. The summed E-state index contributed by atoms with van der Waals surface area (Å²) in [6.07, 6.45) is 0. The van der Waals surface area contributed by atoms with Crippen LogP contribution in [0.15, 0.2) is 53.0 Å². The second-order valence-corrected chi connectivity index (χ2v) is 4.81. The van der Waals surface area contributed by atoms with Gasteiger partial charge in [-0.1, -0.05) is 24.3 Å². The zero-order chi connectivity index (χ0) is 13.7. The highest BCUT2D eigenvalue weighted by atomic mass is 79.9. The number of nitrogens with one attached hydrogen (secondary N) is 1. The van der Waals surface area contributed by atoms with Gasteiger partial charge in [-0.2, -0.15) is 5.26 Å². The molecule has 0 radical (unpaired) electrons. The average Bonchev–Trinajstić information content (AvgIpc) is 2.47. The molecule has 0 saturated carbocycles. The number of nitriles is 1. The Morgan fingerprint density at radius 3 is 2.42 bits per heavy atom. The Labute approximate surface area is 121 Å². The lowest BCUT2D eigenvalue weighted by molar-refractivity contribution is 0.414. The van der Waals surface area contributed by atoms with Crippen molar-refractivity contribution in [2.24, 2.45) is 0 Å². The van der Waals surface area contributed by atoms with Crippen LogP contribution in [0.1, 0.15) is 11.6 Å². The Balaban J connectivity index is 2.21. The van der Waals surface area contributed by atoms with Crippen LogP contribution in [0.25, 0.3) is 0 Å². The summed E-state index contributed by atoms with van der Waals surface area (Å²) >= 11 is 3.46. The molecule has 2 aromatic carbocycles. The molecule has 0 aliphatic rings. The lowest BCUT2D eigenvalue weighted by atomic mass is 10.1. The molecule has 3 nitrogen and oxygen atoms in total. The highest BCUT2D eigenvalue weighted by Gasteiger charge is 2.11. The van der Waals surface area contributed by atoms with E-state index in [0.29, 0.717) is 0 Å². The first-order valence-corrected chi connectivity index (χ1v) is 6.58. The molecule has 96 valence electrons. The molecule has 2 aromatic rings. The summed E-state index contributed by atoms with van der Waals surface area (Å²) in [5.41, 5.74) is 1.80. The minimum absolute atomic E-state index is 0.399. The van der Waals surface area contributed by atoms with Gasteiger partial charge < -0.3 is 10.1 Å². The number of methoxy groups -OCH3 is 1. The van der Waals surface area contributed by atoms with E-state index in [1.165, 1.54) is 0 Å². The zero-order valence-electron chi connectivity index (χ0n) is 10.4. The zero-order valence-corrected chi connectivity index (χ0v) is 12.0. The standard InChI is InChI=1S/C15H13BrN2O/c1-19-12-8-6-11(7-9-12)15(10-17)18-14-5-3-2-4-13(14)16/h2-9,15,18H,1H3. The fourth-order valence-corrected chi connectivity index (χ4v) is 2.12. The Hall–Kier alpha value is -1.99. The first-order valence-electron chi connectivity index (χ1n) is 5.79. The van der Waals surface area contributed by atoms with E-state index in [-0.39, 0.29) is 0 Å². The van der Waals surface area contributed by atoms with Crippen molar-refractivity contribution in [1.82, 2.24) is 0 Å². The highest BCUT2D eigenvalue weighted by Crippen LogP contribution is 2.26. The molecule has 0 heterocycles. The summed E-state index contributed by atoms with van der Waals surface area (Å²) in [4.78, 5) is 0. The first kappa shape index (κ1) is 13.4. The van der Waals surface area contributed by atoms with Crippen molar-refractivity contribution in [3.63, 3.8) is 0 Å². The van der Waals surface area contributed by atoms with Crippen LogP contribution in [-0.2, 0) is 0 Å². The number of hydrogen-bond donors (Lipinski definition) is 1. The maximum atomic E-state index is 9.30. The van der Waals surface area contributed by atoms with E-state index in [0.717, 1.165) is 21.5 Å². The van der Waals surface area contributed by atoms with E-state index < -0.39 is 6.04 Å². The van der Waals surface area contributed by atoms with Gasteiger partial charge >= 0.3 is 0 Å². The SMILES string of the molecule is COc1ccc(C(C#N)Nc2ccccc2Br)cc1. The smallest absolute Gasteiger partial charge is 0.140 e. The Bertz CT molecular complexity index is 590. The number of hydrogen-bond acceptors (Lipinski definition) is 3. The molecule has 4 heteroatoms. The normalized spacial score (nSPS) is 11.4. The van der Waals surface area contributed by atoms with Crippen LogP contribution in [0.3, 0.4) is 0 Å². The van der Waals surface area contributed by atoms with Crippen molar-refractivity contribution in [2.45, 2.75) is 6.04 Å². The number of benzene rings is 2. The maximum Gasteiger partial charge on any atom is 0.140 e. The molecule has 0 amide bonds. The topological polar surface area (TPSA) is 45.0 Å². The van der Waals surface area contributed by atoms with Crippen molar-refractivity contribution in [3.8, 4) is 11.8 Å². The van der Waals surface area contributed by atoms with Crippen molar-refractivity contribution in [1.29, 1.82) is 5.26 Å². The molecule has 0 saturated heterocycles. The van der Waals surface area contributed by atoms with Crippen molar-refractivity contribution in [2.75, 3.05) is 12.4 Å². The Kier molecular flexibility index (Phi) is 4.43. The largest absolute Gasteiger partial charge is 0.497 e. The van der Waals surface area contributed by atoms with Crippen LogP contribution in [0.2, 0.25) is 0 Å². The van der Waals surface area contributed by atoms with Crippen LogP contribution < -0.4 is 10.1 Å². The number of rotatable bonds is 4. The third-order valence-electron chi connectivity index (χ3n) is 2.75. The maximum absolute atomic E-state index is 9.30. The van der Waals surface area contributed by atoms with Gasteiger partial charge in [0.25, 0.3) is 0 Å². The van der Waals surface area contributed by atoms with Gasteiger partial charge in [-0.25, -0.2) is 0 Å². The van der Waals surface area contributed by atoms with Gasteiger partial charge in [-0.3, -0.25) is 0 Å². The summed E-state index contributed by atoms with van der Waals surface area (Å²) < 4.78 is 6.04. The minimum atomic E-state index is -0.399. The van der Waals surface area contributed by atoms with Crippen LogP contribution in [-0.4, -0.2) is 7.11 Å². The molecule has 0 aromatic heterocycles. The molecule has 1 unspecified atom stereocenters. The molecule has 0 fully saturated rings. The number of nitrogens with zero attached hydrogens (tertiary/aromatic N) is 1. The molecule has 0 bridgehead atoms. The van der Waals surface area contributed by atoms with Crippen LogP contribution in [0.5, 0.6) is 5.75 Å². The predicted octanol–water partition coefficient (Wildman–Crippen LogP) is 4.13. The summed E-state index contributed by atoms with van der Waals surface area (Å²) in [7, 11) is 1.62. The molecule has 0 aliphatic carbocycles. The van der Waals surface area contributed by atoms with Crippen molar-refractivity contribution < 1.29 is 4.74 Å². The lowest BCUT2D eigenvalue weighted by Crippen LogP contribution is -2.08. The van der Waals surface area contributed by atoms with Gasteiger partial charge in [0.15, 0.2) is 0 Å². The minimum Gasteiger partial charge on any atom is -0.497 e. The second kappa shape index (κ2) is 6.26. The lowest BCUT2D eigenvalue weighted by Gasteiger charge is -2.14. The van der Waals surface area contributed by atoms with E-state index in [1.807, 2.05) is 48.5 Å². The van der Waals surface area contributed by atoms with E-state index >= 15 is 0 Å². The molecule has 19 heavy (non-hydrogen) atoms. The van der Waals surface area contributed by atoms with Gasteiger partial charge in [0, 0.05) is 10.2 Å². The van der Waals surface area contributed by atoms with Crippen molar-refractivity contribution in [3.05, 3.63) is 58.6 Å². The summed E-state index contributed by atoms with van der Waals surface area (Å²) in [5, 5.41) is 12.5. The number of para-hydroxylation sites is 1. The third-order valence-corrected chi connectivity index (χ3v) is 3.44. The van der Waals surface area contributed by atoms with Gasteiger partial charge in [-0.15, -0.1) is 0 Å². The van der Waals surface area contributed by atoms with Gasteiger partial charge in [0.1, 0.15) is 11.8 Å². The summed E-state index contributed by atoms with van der Waals surface area (Å²) in [5.74, 6) is 0.779. The van der Waals surface area contributed by atoms with Crippen molar-refractivity contribution >= 4 is 21.6 Å². The third kappa shape index (κ3) is 3.27. The molecule has 0 spiro atoms. The summed E-state index contributed by atoms with van der Waals surface area (Å²) in [6, 6.07) is 17.1. The van der Waals surface area contributed by atoms with E-state index in [1.54, 1.807) is 7.11 Å². The number of halogens is 1. The van der Waals surface area contributed by atoms with Crippen LogP contribution >= 0.6 is 15.9 Å². The van der Waals surface area contributed by atoms with E-state index in [2.05, 4.69) is 27.3 Å². The molecular formula is C15H13BrN2O. The van der Waals surface area contributed by atoms with Gasteiger partial charge in [0.2, 0.25) is 0 Å². The van der Waals surface area contributed by atoms with Crippen LogP contribution in [0.4, 0.5) is 5.69 Å². The average molecular weight is 317 g/mol. The molecule has 1 N–H and O–H groups in total. The second-order valence-electron chi connectivity index (χ2n) is 3.96. The quantitative estimate of drug-likeness (QED) is 0.922. The Morgan fingerprint density at radius 2 is 1.84 bits per heavy atom. The fraction of sp³-hybridized carbons (Fsp3) is 0.133. The predicted molar refractivity (Wildman–Crippen MR) is 79.1 cm³/mol. The van der Waals surface area contributed by atoms with Crippen LogP contribution in [0, 0.1) is 11.3 Å². The monoisotopic (exact) mass is 316 g/mol. The van der Waals surface area contributed by atoms with E-state index in [4.69, 9.17) is 4.74 Å². The fourth-order valence-electron chi connectivity index (χ4n) is 1.72. The summed E-state index contributed by atoms with van der Waals surface area (Å²) in [6.45, 7) is 0. The number of anilines is 1. The molecule has 1 atom stereocenters. The number of ether oxygens (including phenoxy) is 1. The molecule has 2 rings (SSSR count). The van der Waals surface area contributed by atoms with Gasteiger partial charge in [0.05, 0.1) is 13.2 Å². The van der Waals surface area contributed by atoms with E-state index in [9.17, 15) is 5.26 Å². The first-order chi connectivity index (χ1) is 9.24.